The molecule has 0 bridgehead atoms. The summed E-state index contributed by atoms with van der Waals surface area (Å²) in [5.41, 5.74) is 3.90. The van der Waals surface area contributed by atoms with Gasteiger partial charge in [0.25, 0.3) is 5.91 Å². The van der Waals surface area contributed by atoms with E-state index in [1.54, 1.807) is 42.5 Å². The Bertz CT molecular complexity index is 1100. The summed E-state index contributed by atoms with van der Waals surface area (Å²) >= 11 is 5.84. The van der Waals surface area contributed by atoms with Gasteiger partial charge in [0.15, 0.2) is 0 Å². The lowest BCUT2D eigenvalue weighted by molar-refractivity contribution is -0.121. The molecule has 0 unspecified atom stereocenters. The lowest BCUT2D eigenvalue weighted by Crippen LogP contribution is -2.39. The maximum Gasteiger partial charge on any atom is 0.255 e. The number of halogens is 1. The van der Waals surface area contributed by atoms with Gasteiger partial charge in [0.1, 0.15) is 0 Å². The first-order chi connectivity index (χ1) is 14.4. The first-order valence-corrected chi connectivity index (χ1v) is 10.9. The molecular formula is C22H20ClN3O3S. The number of hydrazone groups is 1. The van der Waals surface area contributed by atoms with Gasteiger partial charge < -0.3 is 0 Å². The number of rotatable bonds is 8. The van der Waals surface area contributed by atoms with Gasteiger partial charge in [0.2, 0.25) is 10.0 Å². The van der Waals surface area contributed by atoms with Gasteiger partial charge in [-0.2, -0.15) is 9.41 Å². The second-order valence-electron chi connectivity index (χ2n) is 6.42. The summed E-state index contributed by atoms with van der Waals surface area (Å²) in [5, 5.41) is 4.49. The summed E-state index contributed by atoms with van der Waals surface area (Å²) in [5.74, 6) is -0.546. The van der Waals surface area contributed by atoms with Crippen LogP contribution in [0.2, 0.25) is 5.02 Å². The van der Waals surface area contributed by atoms with Gasteiger partial charge in [0.05, 0.1) is 17.7 Å². The summed E-state index contributed by atoms with van der Waals surface area (Å²) < 4.78 is 27.3. The monoisotopic (exact) mass is 441 g/mol. The Morgan fingerprint density at radius 2 is 1.53 bits per heavy atom. The largest absolute Gasteiger partial charge is 0.272 e. The summed E-state index contributed by atoms with van der Waals surface area (Å²) in [6, 6.07) is 24.0. The maximum absolute atomic E-state index is 13.1. The zero-order valence-corrected chi connectivity index (χ0v) is 17.6. The normalized spacial score (nSPS) is 11.7. The van der Waals surface area contributed by atoms with Gasteiger partial charge in [-0.05, 0) is 35.4 Å². The van der Waals surface area contributed by atoms with Gasteiger partial charge in [-0.15, -0.1) is 0 Å². The van der Waals surface area contributed by atoms with E-state index >= 15 is 0 Å². The second kappa shape index (κ2) is 10.2. The number of hydrogen-bond acceptors (Lipinski definition) is 4. The molecule has 0 atom stereocenters. The van der Waals surface area contributed by atoms with E-state index in [0.717, 1.165) is 15.4 Å². The predicted octanol–water partition coefficient (Wildman–Crippen LogP) is 3.68. The predicted molar refractivity (Wildman–Crippen MR) is 118 cm³/mol. The van der Waals surface area contributed by atoms with Crippen LogP contribution in [0.15, 0.2) is 94.9 Å². The zero-order valence-electron chi connectivity index (χ0n) is 16.0. The van der Waals surface area contributed by atoms with Crippen LogP contribution in [-0.2, 0) is 21.4 Å². The van der Waals surface area contributed by atoms with Crippen molar-refractivity contribution in [3.8, 4) is 0 Å². The van der Waals surface area contributed by atoms with Crippen molar-refractivity contribution < 1.29 is 13.2 Å². The fraction of sp³-hybridized carbons (Fsp3) is 0.0909. The van der Waals surface area contributed by atoms with Crippen LogP contribution in [0.5, 0.6) is 0 Å². The smallest absolute Gasteiger partial charge is 0.255 e. The van der Waals surface area contributed by atoms with E-state index in [0.29, 0.717) is 5.02 Å². The van der Waals surface area contributed by atoms with Crippen LogP contribution < -0.4 is 5.43 Å². The van der Waals surface area contributed by atoms with Crippen molar-refractivity contribution in [3.63, 3.8) is 0 Å². The third-order valence-corrected chi connectivity index (χ3v) is 6.23. The molecule has 8 heteroatoms. The molecule has 0 aromatic heterocycles. The summed E-state index contributed by atoms with van der Waals surface area (Å²) in [4.78, 5) is 12.5. The van der Waals surface area contributed by atoms with E-state index < -0.39 is 15.9 Å². The average molecular weight is 442 g/mol. The van der Waals surface area contributed by atoms with E-state index in [1.807, 2.05) is 30.3 Å². The average Bonchev–Trinajstić information content (AvgIpc) is 2.76. The topological polar surface area (TPSA) is 78.8 Å². The Balaban J connectivity index is 1.74. The molecule has 0 heterocycles. The number of sulfonamides is 1. The molecular weight excluding hydrogens is 422 g/mol. The van der Waals surface area contributed by atoms with Crippen LogP contribution in [-0.4, -0.2) is 31.4 Å². The second-order valence-corrected chi connectivity index (χ2v) is 8.79. The Morgan fingerprint density at radius 3 is 2.17 bits per heavy atom. The lowest BCUT2D eigenvalue weighted by Gasteiger charge is -2.21. The molecule has 3 aromatic rings. The van der Waals surface area contributed by atoms with E-state index in [4.69, 9.17) is 11.6 Å². The summed E-state index contributed by atoms with van der Waals surface area (Å²) in [6.45, 7) is -0.309. The van der Waals surface area contributed by atoms with Gasteiger partial charge in [-0.1, -0.05) is 72.3 Å². The minimum Gasteiger partial charge on any atom is -0.272 e. The molecule has 1 amide bonds. The highest BCUT2D eigenvalue weighted by Gasteiger charge is 2.26. The van der Waals surface area contributed by atoms with Crippen molar-refractivity contribution in [3.05, 3.63) is 101 Å². The van der Waals surface area contributed by atoms with Crippen LogP contribution in [0, 0.1) is 0 Å². The highest BCUT2D eigenvalue weighted by Crippen LogP contribution is 2.18. The molecule has 1 N–H and O–H groups in total. The number of hydrogen-bond donors (Lipinski definition) is 1. The minimum atomic E-state index is -3.87. The van der Waals surface area contributed by atoms with Gasteiger partial charge in [-0.3, -0.25) is 4.79 Å². The quantitative estimate of drug-likeness (QED) is 0.427. The minimum absolute atomic E-state index is 0.0619. The molecule has 6 nitrogen and oxygen atoms in total. The molecule has 0 saturated carbocycles. The molecule has 3 rings (SSSR count). The standard InChI is InChI=1S/C22H20ClN3O3S/c23-20-13-11-18(12-14-20)15-24-25-22(27)17-26(16-19-7-3-1-4-8-19)30(28,29)21-9-5-2-6-10-21/h1-15H,16-17H2,(H,25,27)/b24-15-. The molecule has 0 saturated heterocycles. The number of amides is 1. The zero-order chi connectivity index (χ0) is 21.4. The van der Waals surface area contributed by atoms with E-state index in [-0.39, 0.29) is 18.0 Å². The number of carbonyl (C=O) groups excluding carboxylic acids is 1. The van der Waals surface area contributed by atoms with Gasteiger partial charge >= 0.3 is 0 Å². The van der Waals surface area contributed by atoms with Crippen molar-refractivity contribution in [2.24, 2.45) is 5.10 Å². The molecule has 0 spiro atoms. The maximum atomic E-state index is 13.1. The number of benzene rings is 3. The highest BCUT2D eigenvalue weighted by atomic mass is 35.5. The fourth-order valence-electron chi connectivity index (χ4n) is 2.68. The van der Waals surface area contributed by atoms with Crippen molar-refractivity contribution in [1.29, 1.82) is 0 Å². The Kier molecular flexibility index (Phi) is 7.35. The van der Waals surface area contributed by atoms with Crippen molar-refractivity contribution in [1.82, 2.24) is 9.73 Å². The highest BCUT2D eigenvalue weighted by molar-refractivity contribution is 7.89. The molecule has 0 aliphatic rings. The molecule has 30 heavy (non-hydrogen) atoms. The third kappa shape index (κ3) is 6.00. The fourth-order valence-corrected chi connectivity index (χ4v) is 4.21. The molecule has 0 aliphatic carbocycles. The van der Waals surface area contributed by atoms with Gasteiger partial charge in [0, 0.05) is 11.6 Å². The van der Waals surface area contributed by atoms with Crippen LogP contribution in [0.4, 0.5) is 0 Å². The van der Waals surface area contributed by atoms with Crippen LogP contribution >= 0.6 is 11.6 Å². The van der Waals surface area contributed by atoms with Gasteiger partial charge in [-0.25, -0.2) is 13.8 Å². The Morgan fingerprint density at radius 1 is 0.933 bits per heavy atom. The first kappa shape index (κ1) is 21.7. The third-order valence-electron chi connectivity index (χ3n) is 4.18. The number of nitrogens with one attached hydrogen (secondary N) is 1. The van der Waals surface area contributed by atoms with Crippen molar-refractivity contribution in [2.45, 2.75) is 11.4 Å². The first-order valence-electron chi connectivity index (χ1n) is 9.12. The van der Waals surface area contributed by atoms with E-state index in [9.17, 15) is 13.2 Å². The molecule has 154 valence electrons. The Hall–Kier alpha value is -3.00. The van der Waals surface area contributed by atoms with Crippen molar-refractivity contribution in [2.75, 3.05) is 6.54 Å². The summed E-state index contributed by atoms with van der Waals surface area (Å²) in [7, 11) is -3.87. The number of carbonyl (C=O) groups is 1. The van der Waals surface area contributed by atoms with E-state index in [1.165, 1.54) is 18.3 Å². The Labute approximate surface area is 180 Å². The molecule has 0 aliphatic heterocycles. The van der Waals surface area contributed by atoms with E-state index in [2.05, 4.69) is 10.5 Å². The van der Waals surface area contributed by atoms with Crippen LogP contribution in [0.1, 0.15) is 11.1 Å². The molecule has 0 radical (unpaired) electrons. The van der Waals surface area contributed by atoms with Crippen LogP contribution in [0.3, 0.4) is 0 Å². The molecule has 3 aromatic carbocycles. The summed E-state index contributed by atoms with van der Waals surface area (Å²) in [6.07, 6.45) is 1.46. The lowest BCUT2D eigenvalue weighted by atomic mass is 10.2. The number of nitrogens with zero attached hydrogens (tertiary/aromatic N) is 2. The SMILES string of the molecule is O=C(CN(Cc1ccccc1)S(=O)(=O)c1ccccc1)N/N=C\c1ccc(Cl)cc1. The van der Waals surface area contributed by atoms with Crippen molar-refractivity contribution >= 4 is 33.7 Å². The van der Waals surface area contributed by atoms with Crippen LogP contribution in [0.25, 0.3) is 0 Å². The molecule has 0 fully saturated rings.